The SMILES string of the molecule is [2H]/C(=C\C(=O)CC(=O)/C=C/c1ccc(O)c(OC([2H])([2H])[2H])c1)c1ccc(OC)c(OC)c1. The quantitative estimate of drug-likeness (QED) is 0.523. The van der Waals surface area contributed by atoms with Gasteiger partial charge in [-0.15, -0.1) is 0 Å². The van der Waals surface area contributed by atoms with Gasteiger partial charge in [-0.3, -0.25) is 9.59 Å². The first-order chi connectivity index (χ1) is 15.0. The van der Waals surface area contributed by atoms with Crippen LogP contribution in [0.5, 0.6) is 23.0 Å². The van der Waals surface area contributed by atoms with E-state index in [0.29, 0.717) is 22.6 Å². The molecule has 28 heavy (non-hydrogen) atoms. The second kappa shape index (κ2) is 9.97. The van der Waals surface area contributed by atoms with Crippen molar-refractivity contribution in [3.05, 3.63) is 59.7 Å². The van der Waals surface area contributed by atoms with Crippen LogP contribution in [0.1, 0.15) is 23.0 Å². The second-order valence-corrected chi connectivity index (χ2v) is 5.63. The number of ether oxygens (including phenoxy) is 3. The number of allylic oxidation sites excluding steroid dienone is 2. The number of phenolic OH excluding ortho intramolecular Hbond substituents is 1. The predicted molar refractivity (Wildman–Crippen MR) is 107 cm³/mol. The van der Waals surface area contributed by atoms with Crippen LogP contribution in [0, 0.1) is 0 Å². The van der Waals surface area contributed by atoms with E-state index < -0.39 is 25.0 Å². The van der Waals surface area contributed by atoms with Crippen molar-refractivity contribution in [1.29, 1.82) is 0 Å². The van der Waals surface area contributed by atoms with Crippen molar-refractivity contribution in [2.75, 3.05) is 21.3 Å². The standard InChI is InChI=1S/C22H22O6/c1-26-20-11-7-16(13-22(20)28-3)5-9-18(24)14-17(23)8-4-15-6-10-19(25)21(12-15)27-2/h4-13,25H,14H2,1-3H3/b8-4+,9-5+/i2D3,5D. The number of phenols is 1. The number of aromatic hydroxyl groups is 1. The zero-order chi connectivity index (χ0) is 23.9. The van der Waals surface area contributed by atoms with E-state index in [-0.39, 0.29) is 17.6 Å². The zero-order valence-electron chi connectivity index (χ0n) is 19.4. The van der Waals surface area contributed by atoms with Crippen LogP contribution in [-0.2, 0) is 9.59 Å². The van der Waals surface area contributed by atoms with E-state index in [1.165, 1.54) is 38.5 Å². The van der Waals surface area contributed by atoms with Gasteiger partial charge in [-0.2, -0.15) is 0 Å². The summed E-state index contributed by atoms with van der Waals surface area (Å²) in [4.78, 5) is 24.3. The van der Waals surface area contributed by atoms with Crippen molar-refractivity contribution in [1.82, 2.24) is 0 Å². The average molecular weight is 386 g/mol. The fourth-order valence-corrected chi connectivity index (χ4v) is 2.28. The maximum absolute atomic E-state index is 12.2. The van der Waals surface area contributed by atoms with E-state index in [0.717, 1.165) is 12.2 Å². The van der Waals surface area contributed by atoms with Crippen molar-refractivity contribution in [2.45, 2.75) is 6.42 Å². The number of hydrogen-bond acceptors (Lipinski definition) is 6. The molecule has 146 valence electrons. The van der Waals surface area contributed by atoms with Crippen molar-refractivity contribution in [3.8, 4) is 23.0 Å². The number of ketones is 2. The number of carbonyl (C=O) groups excluding carboxylic acids is 2. The van der Waals surface area contributed by atoms with Gasteiger partial charge >= 0.3 is 0 Å². The summed E-state index contributed by atoms with van der Waals surface area (Å²) in [5.41, 5.74) is 0.815. The summed E-state index contributed by atoms with van der Waals surface area (Å²) in [6, 6.07) is 8.61. The van der Waals surface area contributed by atoms with Crippen LogP contribution >= 0.6 is 0 Å². The van der Waals surface area contributed by atoms with Gasteiger partial charge in [0, 0.05) is 0 Å². The summed E-state index contributed by atoms with van der Waals surface area (Å²) in [6.07, 6.45) is 3.11. The van der Waals surface area contributed by atoms with Gasteiger partial charge in [0.2, 0.25) is 0 Å². The molecule has 0 aliphatic carbocycles. The topological polar surface area (TPSA) is 82.1 Å². The lowest BCUT2D eigenvalue weighted by Gasteiger charge is -2.07. The van der Waals surface area contributed by atoms with E-state index in [1.54, 1.807) is 18.2 Å². The van der Waals surface area contributed by atoms with Crippen LogP contribution in [0.25, 0.3) is 12.1 Å². The molecule has 0 atom stereocenters. The van der Waals surface area contributed by atoms with Crippen LogP contribution < -0.4 is 14.2 Å². The van der Waals surface area contributed by atoms with Crippen molar-refractivity contribution < 1.29 is 34.4 Å². The molecule has 0 bridgehead atoms. The molecule has 0 aliphatic heterocycles. The molecule has 0 unspecified atom stereocenters. The summed E-state index contributed by atoms with van der Waals surface area (Å²) >= 11 is 0. The minimum absolute atomic E-state index is 0.0854. The highest BCUT2D eigenvalue weighted by Gasteiger charge is 2.06. The predicted octanol–water partition coefficient (Wildman–Crippen LogP) is 3.67. The normalized spacial score (nSPS) is 13.9. The summed E-state index contributed by atoms with van der Waals surface area (Å²) in [6.45, 7) is 0. The molecule has 1 N–H and O–H groups in total. The smallest absolute Gasteiger partial charge is 0.163 e. The van der Waals surface area contributed by atoms with Gasteiger partial charge in [-0.05, 0) is 47.5 Å². The highest BCUT2D eigenvalue weighted by atomic mass is 16.5. The average Bonchev–Trinajstić information content (AvgIpc) is 2.72. The minimum atomic E-state index is -2.74. The fraction of sp³-hybridized carbons (Fsp3) is 0.182. The van der Waals surface area contributed by atoms with Gasteiger partial charge in [0.1, 0.15) is 0 Å². The minimum Gasteiger partial charge on any atom is -0.504 e. The lowest BCUT2D eigenvalue weighted by molar-refractivity contribution is -0.121. The maximum Gasteiger partial charge on any atom is 0.163 e. The number of carbonyl (C=O) groups is 2. The van der Waals surface area contributed by atoms with Crippen LogP contribution in [0.4, 0.5) is 0 Å². The maximum atomic E-state index is 12.2. The Hall–Kier alpha value is -3.54. The molecule has 0 amide bonds. The second-order valence-electron chi connectivity index (χ2n) is 5.63. The number of hydrogen-bond donors (Lipinski definition) is 1. The molecule has 2 rings (SSSR count). The largest absolute Gasteiger partial charge is 0.504 e. The number of methoxy groups -OCH3 is 3. The van der Waals surface area contributed by atoms with E-state index in [4.69, 9.17) is 19.7 Å². The molecule has 6 heteroatoms. The van der Waals surface area contributed by atoms with E-state index in [2.05, 4.69) is 0 Å². The number of benzene rings is 2. The Kier molecular flexibility index (Phi) is 5.52. The Morgan fingerprint density at radius 3 is 2.36 bits per heavy atom. The van der Waals surface area contributed by atoms with Crippen molar-refractivity contribution in [2.24, 2.45) is 0 Å². The third-order valence-corrected chi connectivity index (χ3v) is 3.69. The Labute approximate surface area is 169 Å². The van der Waals surface area contributed by atoms with Crippen molar-refractivity contribution in [3.63, 3.8) is 0 Å². The molecular weight excluding hydrogens is 360 g/mol. The zero-order valence-corrected chi connectivity index (χ0v) is 15.4. The molecule has 0 saturated heterocycles. The lowest BCUT2D eigenvalue weighted by atomic mass is 10.1. The molecule has 0 aromatic heterocycles. The van der Waals surface area contributed by atoms with Crippen LogP contribution in [0.15, 0.2) is 48.6 Å². The molecule has 0 fully saturated rings. The Balaban J connectivity index is 2.06. The summed E-state index contributed by atoms with van der Waals surface area (Å²) in [5.74, 6) is -0.799. The Bertz CT molecular complexity index is 1060. The van der Waals surface area contributed by atoms with Gasteiger partial charge in [-0.25, -0.2) is 0 Å². The van der Waals surface area contributed by atoms with Gasteiger partial charge in [-0.1, -0.05) is 24.3 Å². The molecule has 0 heterocycles. The number of rotatable bonds is 9. The highest BCUT2D eigenvalue weighted by molar-refractivity contribution is 6.10. The van der Waals surface area contributed by atoms with E-state index >= 15 is 0 Å². The molecule has 0 spiro atoms. The third-order valence-electron chi connectivity index (χ3n) is 3.69. The van der Waals surface area contributed by atoms with Gasteiger partial charge in [0.25, 0.3) is 0 Å². The van der Waals surface area contributed by atoms with Crippen LogP contribution in [-0.4, -0.2) is 37.9 Å². The van der Waals surface area contributed by atoms with Gasteiger partial charge < -0.3 is 19.3 Å². The monoisotopic (exact) mass is 386 g/mol. The molecule has 6 nitrogen and oxygen atoms in total. The van der Waals surface area contributed by atoms with E-state index in [1.807, 2.05) is 0 Å². The summed E-state index contributed by atoms with van der Waals surface area (Å²) in [5, 5.41) is 9.68. The van der Waals surface area contributed by atoms with Crippen LogP contribution in [0.3, 0.4) is 0 Å². The van der Waals surface area contributed by atoms with E-state index in [9.17, 15) is 14.7 Å². The van der Waals surface area contributed by atoms with Crippen molar-refractivity contribution >= 4 is 23.7 Å². The first-order valence-corrected chi connectivity index (χ1v) is 8.19. The van der Waals surface area contributed by atoms with Gasteiger partial charge in [0.05, 0.1) is 33.2 Å². The first-order valence-electron chi connectivity index (χ1n) is 10.2. The molecular formula is C22H22O6. The third kappa shape index (κ3) is 5.74. The highest BCUT2D eigenvalue weighted by Crippen LogP contribution is 2.28. The van der Waals surface area contributed by atoms with Gasteiger partial charge in [0.15, 0.2) is 34.6 Å². The Morgan fingerprint density at radius 2 is 1.64 bits per heavy atom. The molecule has 0 radical (unpaired) electrons. The summed E-state index contributed by atoms with van der Waals surface area (Å²) < 4.78 is 44.4. The first kappa shape index (κ1) is 15.5. The summed E-state index contributed by atoms with van der Waals surface area (Å²) in [7, 11) is 0.199. The van der Waals surface area contributed by atoms with Crippen LogP contribution in [0.2, 0.25) is 0 Å². The fourth-order valence-electron chi connectivity index (χ4n) is 2.28. The Morgan fingerprint density at radius 1 is 0.964 bits per heavy atom. The molecule has 2 aromatic rings. The molecule has 0 aliphatic rings. The molecule has 0 saturated carbocycles. The lowest BCUT2D eigenvalue weighted by Crippen LogP contribution is -2.01. The molecule has 2 aromatic carbocycles.